The number of nitrogens with two attached hydrogens (primary N) is 1. The molecule has 5 nitrogen and oxygen atoms in total. The monoisotopic (exact) mass is 427 g/mol. The van der Waals surface area contributed by atoms with Crippen LogP contribution in [0.2, 0.25) is 0 Å². The zero-order chi connectivity index (χ0) is 20.6. The van der Waals surface area contributed by atoms with Crippen LogP contribution >= 0.6 is 0 Å². The number of halogens is 1. The lowest BCUT2D eigenvalue weighted by Gasteiger charge is -2.39. The number of aryl methyl sites for hydroxylation is 2. The predicted molar refractivity (Wildman–Crippen MR) is 116 cm³/mol. The number of piperidine rings is 1. The summed E-state index contributed by atoms with van der Waals surface area (Å²) in [7, 11) is 0. The summed E-state index contributed by atoms with van der Waals surface area (Å²) in [5, 5.41) is 6.71. The van der Waals surface area contributed by atoms with Crippen LogP contribution < -0.4 is 22.6 Å². The average molecular weight is 428 g/mol. The van der Waals surface area contributed by atoms with Crippen LogP contribution in [0.15, 0.2) is 53.7 Å². The standard InChI is InChI=1S/C24H29N3O2.ClH/c1-23(2)15-19(16-24(3,4)26-23)25-29-22(28)27-20-11-7-5-9-17(20)13-14-18-10-6-8-12-21(18)27;/h5-12,26H,13-16H2,1-4H3;1H. The molecule has 2 aromatic carbocycles. The molecule has 6 heteroatoms. The smallest absolute Gasteiger partial charge is 0.445 e. The van der Waals surface area contributed by atoms with E-state index in [2.05, 4.69) is 50.3 Å². The van der Waals surface area contributed by atoms with Crippen molar-refractivity contribution in [3.63, 3.8) is 0 Å². The van der Waals surface area contributed by atoms with Crippen molar-refractivity contribution in [3.8, 4) is 0 Å². The number of anilines is 2. The first kappa shape index (κ1) is 22.3. The SMILES string of the molecule is CC1(C)CC(=NOC(=O)N2c3ccccc3CCc3ccccc32)CC(C)(C)[NH2+]1.[Cl-]. The lowest BCUT2D eigenvalue weighted by Crippen LogP contribution is -3.05. The molecule has 2 aliphatic rings. The van der Waals surface area contributed by atoms with E-state index in [1.54, 1.807) is 4.90 Å². The van der Waals surface area contributed by atoms with Gasteiger partial charge in [-0.15, -0.1) is 0 Å². The first-order valence-corrected chi connectivity index (χ1v) is 10.3. The van der Waals surface area contributed by atoms with E-state index in [1.165, 1.54) is 0 Å². The van der Waals surface area contributed by atoms with E-state index in [0.717, 1.165) is 53.9 Å². The summed E-state index contributed by atoms with van der Waals surface area (Å²) in [5.74, 6) is 0. The highest BCUT2D eigenvalue weighted by Gasteiger charge is 2.40. The Labute approximate surface area is 184 Å². The minimum Gasteiger partial charge on any atom is -1.00 e. The molecule has 0 aliphatic carbocycles. The van der Waals surface area contributed by atoms with Gasteiger partial charge in [-0.05, 0) is 63.8 Å². The molecule has 160 valence electrons. The number of hydrogen-bond acceptors (Lipinski definition) is 3. The summed E-state index contributed by atoms with van der Waals surface area (Å²) in [5.41, 5.74) is 5.04. The van der Waals surface area contributed by atoms with Crippen molar-refractivity contribution in [2.45, 2.75) is 64.5 Å². The van der Waals surface area contributed by atoms with E-state index in [-0.39, 0.29) is 23.5 Å². The first-order chi connectivity index (χ1) is 13.7. The Morgan fingerprint density at radius 1 is 0.900 bits per heavy atom. The van der Waals surface area contributed by atoms with Crippen LogP contribution in [0.3, 0.4) is 0 Å². The fraction of sp³-hybridized carbons (Fsp3) is 0.417. The number of benzene rings is 2. The van der Waals surface area contributed by atoms with E-state index in [0.29, 0.717) is 0 Å². The molecular weight excluding hydrogens is 398 g/mol. The number of fused-ring (bicyclic) bond motifs is 2. The molecule has 0 radical (unpaired) electrons. The van der Waals surface area contributed by atoms with Gasteiger partial charge in [-0.25, -0.2) is 9.69 Å². The van der Waals surface area contributed by atoms with Crippen LogP contribution in [0.1, 0.15) is 51.7 Å². The van der Waals surface area contributed by atoms with Crippen LogP contribution in [-0.4, -0.2) is 22.9 Å². The topological polar surface area (TPSA) is 58.5 Å². The number of amides is 1. The summed E-state index contributed by atoms with van der Waals surface area (Å²) in [6, 6.07) is 16.1. The number of para-hydroxylation sites is 2. The Morgan fingerprint density at radius 3 is 1.87 bits per heavy atom. The fourth-order valence-corrected chi connectivity index (χ4v) is 4.96. The Balaban J connectivity index is 0.00000256. The van der Waals surface area contributed by atoms with Crippen molar-refractivity contribution in [1.82, 2.24) is 0 Å². The maximum atomic E-state index is 13.2. The highest BCUT2D eigenvalue weighted by molar-refractivity contribution is 5.98. The summed E-state index contributed by atoms with van der Waals surface area (Å²) in [6.07, 6.45) is 2.94. The molecule has 0 aromatic heterocycles. The number of quaternary nitrogens is 1. The van der Waals surface area contributed by atoms with Gasteiger partial charge in [-0.2, -0.15) is 0 Å². The maximum Gasteiger partial charge on any atom is 0.445 e. The number of carbonyl (C=O) groups is 1. The van der Waals surface area contributed by atoms with Gasteiger partial charge in [0.05, 0.1) is 28.2 Å². The van der Waals surface area contributed by atoms with Gasteiger partial charge < -0.3 is 17.7 Å². The zero-order valence-electron chi connectivity index (χ0n) is 18.1. The van der Waals surface area contributed by atoms with Crippen LogP contribution in [-0.2, 0) is 17.7 Å². The molecule has 0 bridgehead atoms. The normalized spacial score (nSPS) is 18.9. The van der Waals surface area contributed by atoms with Crippen molar-refractivity contribution in [1.29, 1.82) is 0 Å². The second-order valence-electron chi connectivity index (χ2n) is 9.58. The average Bonchev–Trinajstić information content (AvgIpc) is 2.80. The van der Waals surface area contributed by atoms with Crippen LogP contribution in [0, 0.1) is 0 Å². The number of hydrogen-bond donors (Lipinski definition) is 1. The van der Waals surface area contributed by atoms with Gasteiger partial charge in [0.25, 0.3) is 0 Å². The molecule has 30 heavy (non-hydrogen) atoms. The Morgan fingerprint density at radius 2 is 1.37 bits per heavy atom. The molecule has 2 aromatic rings. The number of oxime groups is 1. The van der Waals surface area contributed by atoms with Gasteiger partial charge in [-0.3, -0.25) is 4.84 Å². The second-order valence-corrected chi connectivity index (χ2v) is 9.58. The van der Waals surface area contributed by atoms with Crippen LogP contribution in [0.25, 0.3) is 0 Å². The number of carbonyl (C=O) groups excluding carboxylic acids is 1. The quantitative estimate of drug-likeness (QED) is 0.551. The van der Waals surface area contributed by atoms with E-state index in [9.17, 15) is 4.79 Å². The third-order valence-electron chi connectivity index (χ3n) is 5.66. The molecule has 0 saturated carbocycles. The van der Waals surface area contributed by atoms with Gasteiger partial charge in [0.2, 0.25) is 0 Å². The number of rotatable bonds is 1. The lowest BCUT2D eigenvalue weighted by molar-refractivity contribution is -0.780. The van der Waals surface area contributed by atoms with Gasteiger partial charge >= 0.3 is 6.09 Å². The summed E-state index contributed by atoms with van der Waals surface area (Å²) >= 11 is 0. The molecule has 1 fully saturated rings. The number of nitrogens with zero attached hydrogens (tertiary/aromatic N) is 2. The molecule has 1 amide bonds. The van der Waals surface area contributed by atoms with E-state index < -0.39 is 6.09 Å². The molecule has 0 atom stereocenters. The highest BCUT2D eigenvalue weighted by atomic mass is 35.5. The van der Waals surface area contributed by atoms with Gasteiger partial charge in [0, 0.05) is 12.8 Å². The maximum absolute atomic E-state index is 13.2. The molecule has 0 spiro atoms. The first-order valence-electron chi connectivity index (χ1n) is 10.3. The minimum atomic E-state index is -0.454. The van der Waals surface area contributed by atoms with E-state index in [4.69, 9.17) is 4.84 Å². The van der Waals surface area contributed by atoms with E-state index >= 15 is 0 Å². The predicted octanol–water partition coefficient (Wildman–Crippen LogP) is 1.33. The summed E-state index contributed by atoms with van der Waals surface area (Å²) in [6.45, 7) is 8.80. The molecule has 2 aliphatic heterocycles. The van der Waals surface area contributed by atoms with Crippen molar-refractivity contribution >= 4 is 23.2 Å². The summed E-state index contributed by atoms with van der Waals surface area (Å²) < 4.78 is 0. The molecular formula is C24H30ClN3O2. The van der Waals surface area contributed by atoms with Crippen molar-refractivity contribution in [2.24, 2.45) is 5.16 Å². The molecule has 2 heterocycles. The fourth-order valence-electron chi connectivity index (χ4n) is 4.96. The van der Waals surface area contributed by atoms with Crippen LogP contribution in [0.5, 0.6) is 0 Å². The van der Waals surface area contributed by atoms with Crippen molar-refractivity contribution < 1.29 is 27.4 Å². The summed E-state index contributed by atoms with van der Waals surface area (Å²) in [4.78, 5) is 20.4. The second kappa shape index (κ2) is 8.40. The van der Waals surface area contributed by atoms with E-state index in [1.807, 2.05) is 36.4 Å². The van der Waals surface area contributed by atoms with Gasteiger partial charge in [0.15, 0.2) is 0 Å². The lowest BCUT2D eigenvalue weighted by atomic mass is 9.81. The molecule has 0 unspecified atom stereocenters. The molecule has 4 rings (SSSR count). The largest absolute Gasteiger partial charge is 1.00 e. The van der Waals surface area contributed by atoms with Gasteiger partial charge in [-0.1, -0.05) is 41.6 Å². The third-order valence-corrected chi connectivity index (χ3v) is 5.66. The minimum absolute atomic E-state index is 0. The molecule has 1 saturated heterocycles. The third kappa shape index (κ3) is 4.68. The highest BCUT2D eigenvalue weighted by Crippen LogP contribution is 2.36. The van der Waals surface area contributed by atoms with Crippen LogP contribution in [0.4, 0.5) is 16.2 Å². The van der Waals surface area contributed by atoms with Crippen molar-refractivity contribution in [2.75, 3.05) is 4.90 Å². The Kier molecular flexibility index (Phi) is 6.25. The molecule has 2 N–H and O–H groups in total. The Bertz CT molecular complexity index is 903. The van der Waals surface area contributed by atoms with Gasteiger partial charge in [0.1, 0.15) is 0 Å². The van der Waals surface area contributed by atoms with Crippen molar-refractivity contribution in [3.05, 3.63) is 59.7 Å². The Hall–Kier alpha value is -2.37. The zero-order valence-corrected chi connectivity index (χ0v) is 18.9.